The SMILES string of the molecule is CC(C)(C)OC(=O)N1CC[CH-][C@@H](C(=O)On2nnc3cccnc32)C1.[W]. The number of rotatable bonds is 2. The molecule has 2 aromatic heterocycles. The van der Waals surface area contributed by atoms with Crippen molar-refractivity contribution in [3.8, 4) is 0 Å². The fourth-order valence-corrected chi connectivity index (χ4v) is 2.46. The summed E-state index contributed by atoms with van der Waals surface area (Å²) in [6.45, 7) is 6.11. The van der Waals surface area contributed by atoms with Gasteiger partial charge < -0.3 is 20.9 Å². The van der Waals surface area contributed by atoms with Crippen molar-refractivity contribution in [2.24, 2.45) is 5.92 Å². The third kappa shape index (κ3) is 4.78. The zero-order chi connectivity index (χ0) is 18.0. The Kier molecular flexibility index (Phi) is 6.34. The summed E-state index contributed by atoms with van der Waals surface area (Å²) in [6, 6.07) is 3.44. The Balaban J connectivity index is 0.00000243. The van der Waals surface area contributed by atoms with Crippen LogP contribution in [0.4, 0.5) is 4.79 Å². The summed E-state index contributed by atoms with van der Waals surface area (Å²) in [5.74, 6) is -1.09. The van der Waals surface area contributed by atoms with Crippen molar-refractivity contribution in [1.29, 1.82) is 0 Å². The van der Waals surface area contributed by atoms with E-state index in [1.54, 1.807) is 39.1 Å². The first-order valence-corrected chi connectivity index (χ1v) is 8.03. The molecule has 0 aliphatic carbocycles. The molecule has 0 saturated carbocycles. The van der Waals surface area contributed by atoms with Gasteiger partial charge in [-0.15, -0.1) is 5.10 Å². The topological polar surface area (TPSA) is 99.4 Å². The van der Waals surface area contributed by atoms with Gasteiger partial charge in [0.05, 0.1) is 0 Å². The summed E-state index contributed by atoms with van der Waals surface area (Å²) in [7, 11) is 0. The third-order valence-corrected chi connectivity index (χ3v) is 3.58. The maximum atomic E-state index is 12.4. The average molecular weight is 530 g/mol. The van der Waals surface area contributed by atoms with E-state index < -0.39 is 23.6 Å². The number of ether oxygens (including phenoxy) is 1. The third-order valence-electron chi connectivity index (χ3n) is 3.58. The molecule has 26 heavy (non-hydrogen) atoms. The molecule has 1 aliphatic rings. The molecule has 0 radical (unpaired) electrons. The van der Waals surface area contributed by atoms with Crippen molar-refractivity contribution in [1.82, 2.24) is 25.0 Å². The quantitative estimate of drug-likeness (QED) is 0.426. The van der Waals surface area contributed by atoms with Crippen LogP contribution in [0.3, 0.4) is 0 Å². The van der Waals surface area contributed by atoms with Gasteiger partial charge in [-0.25, -0.2) is 9.78 Å². The van der Waals surface area contributed by atoms with Gasteiger partial charge in [-0.3, -0.25) is 4.79 Å². The van der Waals surface area contributed by atoms with Crippen LogP contribution in [0.5, 0.6) is 0 Å². The van der Waals surface area contributed by atoms with Crippen molar-refractivity contribution in [2.45, 2.75) is 32.8 Å². The Bertz CT molecular complexity index is 788. The summed E-state index contributed by atoms with van der Waals surface area (Å²) < 4.78 is 5.35. The monoisotopic (exact) mass is 530 g/mol. The van der Waals surface area contributed by atoms with Crippen LogP contribution in [0.2, 0.25) is 0 Å². The number of hydrogen-bond donors (Lipinski definition) is 0. The molecule has 9 nitrogen and oxygen atoms in total. The number of amides is 1. The van der Waals surface area contributed by atoms with E-state index in [0.29, 0.717) is 24.1 Å². The van der Waals surface area contributed by atoms with Crippen LogP contribution in [0, 0.1) is 12.3 Å². The van der Waals surface area contributed by atoms with Gasteiger partial charge in [0.15, 0.2) is 0 Å². The van der Waals surface area contributed by atoms with E-state index in [1.807, 2.05) is 6.42 Å². The number of nitrogens with zero attached hydrogens (tertiary/aromatic N) is 5. The average Bonchev–Trinajstić information content (AvgIpc) is 2.97. The van der Waals surface area contributed by atoms with Gasteiger partial charge in [-0.1, -0.05) is 0 Å². The van der Waals surface area contributed by atoms with Crippen LogP contribution in [0.15, 0.2) is 18.3 Å². The first-order valence-electron chi connectivity index (χ1n) is 8.03. The molecule has 1 amide bonds. The molecule has 1 aliphatic heterocycles. The molecule has 2 aromatic rings. The summed E-state index contributed by atoms with van der Waals surface area (Å²) in [5.41, 5.74) is 0.300. The molecule has 1 saturated heterocycles. The first-order chi connectivity index (χ1) is 11.8. The molecule has 3 rings (SSSR count). The molecule has 1 fully saturated rings. The number of hydrogen-bond acceptors (Lipinski definition) is 7. The molecule has 0 bridgehead atoms. The molecule has 0 unspecified atom stereocenters. The Morgan fingerprint density at radius 1 is 1.35 bits per heavy atom. The number of carbonyl (C=O) groups excluding carboxylic acids is 2. The number of likely N-dealkylation sites (tertiary alicyclic amines) is 1. The number of carbonyl (C=O) groups is 2. The maximum Gasteiger partial charge on any atom is 0.410 e. The summed E-state index contributed by atoms with van der Waals surface area (Å²) in [4.78, 5) is 36.5. The standard InChI is InChI=1S/C16H20N5O4.W/c1-16(2,3)24-15(23)20-9-5-6-11(10-20)14(22)25-21-13-12(18-19-21)7-4-8-17-13;/h4,6-8,11H,5,9-10H2,1-3H3;/q-1;/t11-;/m1./s1. The Labute approximate surface area is 165 Å². The van der Waals surface area contributed by atoms with Crippen LogP contribution >= 0.6 is 0 Å². The summed E-state index contributed by atoms with van der Waals surface area (Å²) >= 11 is 0. The van der Waals surface area contributed by atoms with Gasteiger partial charge in [-0.2, -0.15) is 6.42 Å². The van der Waals surface area contributed by atoms with Crippen LogP contribution in [-0.2, 0) is 30.6 Å². The molecule has 3 heterocycles. The van der Waals surface area contributed by atoms with Crippen LogP contribution in [-0.4, -0.2) is 55.8 Å². The molecule has 1 atom stereocenters. The Hall–Kier alpha value is -2.02. The molecular weight excluding hydrogens is 510 g/mol. The Morgan fingerprint density at radius 3 is 2.85 bits per heavy atom. The van der Waals surface area contributed by atoms with Crippen molar-refractivity contribution in [2.75, 3.05) is 13.1 Å². The van der Waals surface area contributed by atoms with Crippen molar-refractivity contribution >= 4 is 23.2 Å². The van der Waals surface area contributed by atoms with E-state index >= 15 is 0 Å². The number of aromatic nitrogens is 4. The second-order valence-corrected chi connectivity index (χ2v) is 6.78. The minimum atomic E-state index is -0.584. The van der Waals surface area contributed by atoms with Gasteiger partial charge >= 0.3 is 12.1 Å². The van der Waals surface area contributed by atoms with E-state index in [0.717, 1.165) is 4.85 Å². The van der Waals surface area contributed by atoms with Gasteiger partial charge in [0.2, 0.25) is 5.65 Å². The predicted octanol–water partition coefficient (Wildman–Crippen LogP) is 1.24. The van der Waals surface area contributed by atoms with Crippen molar-refractivity contribution in [3.63, 3.8) is 0 Å². The fraction of sp³-hybridized carbons (Fsp3) is 0.500. The van der Waals surface area contributed by atoms with E-state index in [4.69, 9.17) is 9.57 Å². The van der Waals surface area contributed by atoms with E-state index in [2.05, 4.69) is 15.3 Å². The minimum absolute atomic E-state index is 0. The number of fused-ring (bicyclic) bond motifs is 1. The van der Waals surface area contributed by atoms with Gasteiger partial charge in [-0.05, 0) is 55.4 Å². The van der Waals surface area contributed by atoms with Crippen LogP contribution < -0.4 is 4.84 Å². The van der Waals surface area contributed by atoms with Crippen molar-refractivity contribution < 1.29 is 40.2 Å². The van der Waals surface area contributed by atoms with Gasteiger partial charge in [0.1, 0.15) is 11.1 Å². The van der Waals surface area contributed by atoms with E-state index in [-0.39, 0.29) is 27.6 Å². The van der Waals surface area contributed by atoms with Gasteiger partial charge in [0, 0.05) is 33.8 Å². The molecule has 0 aromatic carbocycles. The predicted molar refractivity (Wildman–Crippen MR) is 87.1 cm³/mol. The molecular formula is C16H20N5O4W-. The Morgan fingerprint density at radius 2 is 2.12 bits per heavy atom. The molecule has 140 valence electrons. The smallest absolute Gasteiger partial charge is 0.410 e. The zero-order valence-corrected chi connectivity index (χ0v) is 17.7. The molecule has 0 N–H and O–H groups in total. The fourth-order valence-electron chi connectivity index (χ4n) is 2.46. The second kappa shape index (κ2) is 8.12. The second-order valence-electron chi connectivity index (χ2n) is 6.78. The number of pyridine rings is 1. The zero-order valence-electron chi connectivity index (χ0n) is 14.8. The summed E-state index contributed by atoms with van der Waals surface area (Å²) in [5, 5.41) is 7.65. The first kappa shape index (κ1) is 20.3. The summed E-state index contributed by atoms with van der Waals surface area (Å²) in [6.07, 6.45) is 3.53. The largest absolute Gasteiger partial charge is 0.444 e. The van der Waals surface area contributed by atoms with Crippen LogP contribution in [0.1, 0.15) is 27.2 Å². The molecule has 10 heteroatoms. The van der Waals surface area contributed by atoms with E-state index in [1.165, 1.54) is 4.90 Å². The maximum absolute atomic E-state index is 12.4. The van der Waals surface area contributed by atoms with Crippen LogP contribution in [0.25, 0.3) is 11.2 Å². The van der Waals surface area contributed by atoms with Crippen molar-refractivity contribution in [3.05, 3.63) is 24.8 Å². The minimum Gasteiger partial charge on any atom is -0.444 e. The number of piperidine rings is 1. The van der Waals surface area contributed by atoms with Gasteiger partial charge in [0.25, 0.3) is 0 Å². The van der Waals surface area contributed by atoms with E-state index in [9.17, 15) is 9.59 Å². The normalized spacial score (nSPS) is 17.5. The molecule has 0 spiro atoms.